The standard InChI is InChI=1S/C11H14O4/c1-6(2)3-8-9(11(14)15)4-7(12)5-10(8)13/h4-6,12-13H,3H2,1-2H3,(H,14,15). The molecule has 0 saturated heterocycles. The molecule has 0 aliphatic carbocycles. The maximum Gasteiger partial charge on any atom is 0.336 e. The number of benzene rings is 1. The van der Waals surface area contributed by atoms with Crippen molar-refractivity contribution in [2.45, 2.75) is 20.3 Å². The lowest BCUT2D eigenvalue weighted by Crippen LogP contribution is -2.05. The van der Waals surface area contributed by atoms with Gasteiger partial charge in [0.05, 0.1) is 5.56 Å². The second-order valence-corrected chi connectivity index (χ2v) is 3.89. The number of carbonyl (C=O) groups is 1. The van der Waals surface area contributed by atoms with Crippen molar-refractivity contribution in [1.29, 1.82) is 0 Å². The van der Waals surface area contributed by atoms with E-state index in [4.69, 9.17) is 5.11 Å². The third-order valence-corrected chi connectivity index (χ3v) is 2.05. The molecule has 0 fully saturated rings. The largest absolute Gasteiger partial charge is 0.508 e. The van der Waals surface area contributed by atoms with E-state index in [0.717, 1.165) is 12.1 Å². The smallest absolute Gasteiger partial charge is 0.336 e. The summed E-state index contributed by atoms with van der Waals surface area (Å²) < 4.78 is 0. The number of phenolic OH excluding ortho intramolecular Hbond substituents is 2. The molecule has 0 unspecified atom stereocenters. The van der Waals surface area contributed by atoms with Crippen molar-refractivity contribution in [2.75, 3.05) is 0 Å². The minimum Gasteiger partial charge on any atom is -0.508 e. The van der Waals surface area contributed by atoms with Crippen molar-refractivity contribution in [1.82, 2.24) is 0 Å². The fraction of sp³-hybridized carbons (Fsp3) is 0.364. The van der Waals surface area contributed by atoms with Crippen LogP contribution in [-0.2, 0) is 6.42 Å². The Labute approximate surface area is 87.8 Å². The van der Waals surface area contributed by atoms with Crippen molar-refractivity contribution in [3.05, 3.63) is 23.3 Å². The van der Waals surface area contributed by atoms with E-state index < -0.39 is 5.97 Å². The number of aromatic carboxylic acids is 1. The molecular formula is C11H14O4. The number of phenols is 2. The quantitative estimate of drug-likeness (QED) is 0.713. The van der Waals surface area contributed by atoms with E-state index in [1.807, 2.05) is 13.8 Å². The van der Waals surface area contributed by atoms with Gasteiger partial charge in [-0.15, -0.1) is 0 Å². The number of hydrogen-bond acceptors (Lipinski definition) is 3. The molecule has 15 heavy (non-hydrogen) atoms. The van der Waals surface area contributed by atoms with E-state index >= 15 is 0 Å². The van der Waals surface area contributed by atoms with Crippen LogP contribution in [0.4, 0.5) is 0 Å². The SMILES string of the molecule is CC(C)Cc1c(O)cc(O)cc1C(=O)O. The molecule has 0 aliphatic rings. The first-order chi connectivity index (χ1) is 6.91. The highest BCUT2D eigenvalue weighted by Crippen LogP contribution is 2.29. The first-order valence-corrected chi connectivity index (χ1v) is 4.70. The molecule has 1 aromatic carbocycles. The lowest BCUT2D eigenvalue weighted by molar-refractivity contribution is 0.0694. The second kappa shape index (κ2) is 4.21. The Hall–Kier alpha value is -1.71. The highest BCUT2D eigenvalue weighted by Gasteiger charge is 2.16. The molecule has 1 rings (SSSR count). The van der Waals surface area contributed by atoms with Crippen LogP contribution in [0.25, 0.3) is 0 Å². The summed E-state index contributed by atoms with van der Waals surface area (Å²) >= 11 is 0. The molecule has 0 atom stereocenters. The second-order valence-electron chi connectivity index (χ2n) is 3.89. The molecule has 82 valence electrons. The van der Waals surface area contributed by atoms with Crippen LogP contribution in [0.3, 0.4) is 0 Å². The number of carboxylic acid groups (broad SMARTS) is 1. The van der Waals surface area contributed by atoms with Crippen LogP contribution in [-0.4, -0.2) is 21.3 Å². The van der Waals surface area contributed by atoms with Gasteiger partial charge in [-0.05, 0) is 18.4 Å². The average Bonchev–Trinajstić information content (AvgIpc) is 2.08. The summed E-state index contributed by atoms with van der Waals surface area (Å²) in [5, 5.41) is 27.6. The molecule has 4 nitrogen and oxygen atoms in total. The average molecular weight is 210 g/mol. The molecule has 0 amide bonds. The highest BCUT2D eigenvalue weighted by molar-refractivity contribution is 5.90. The molecule has 0 bridgehead atoms. The summed E-state index contributed by atoms with van der Waals surface area (Å²) in [6.07, 6.45) is 0.466. The molecule has 3 N–H and O–H groups in total. The van der Waals surface area contributed by atoms with E-state index in [2.05, 4.69) is 0 Å². The molecule has 4 heteroatoms. The van der Waals surface area contributed by atoms with Gasteiger partial charge in [-0.25, -0.2) is 4.79 Å². The van der Waals surface area contributed by atoms with Crippen LogP contribution in [0.15, 0.2) is 12.1 Å². The van der Waals surface area contributed by atoms with Gasteiger partial charge in [0.15, 0.2) is 0 Å². The zero-order chi connectivity index (χ0) is 11.6. The first kappa shape index (κ1) is 11.4. The number of hydrogen-bond donors (Lipinski definition) is 3. The highest BCUT2D eigenvalue weighted by atomic mass is 16.4. The minimum atomic E-state index is -1.14. The molecule has 0 radical (unpaired) electrons. The lowest BCUT2D eigenvalue weighted by atomic mass is 9.96. The normalized spacial score (nSPS) is 10.6. The number of carboxylic acids is 1. The molecule has 0 spiro atoms. The summed E-state index contributed by atoms with van der Waals surface area (Å²) in [7, 11) is 0. The third-order valence-electron chi connectivity index (χ3n) is 2.05. The van der Waals surface area contributed by atoms with Crippen molar-refractivity contribution in [3.63, 3.8) is 0 Å². The fourth-order valence-electron chi connectivity index (χ4n) is 1.46. The summed E-state index contributed by atoms with van der Waals surface area (Å²) in [6, 6.07) is 2.31. The van der Waals surface area contributed by atoms with Gasteiger partial charge in [-0.1, -0.05) is 13.8 Å². The Balaban J connectivity index is 3.27. The number of rotatable bonds is 3. The first-order valence-electron chi connectivity index (χ1n) is 4.70. The lowest BCUT2D eigenvalue weighted by Gasteiger charge is -2.11. The minimum absolute atomic E-state index is 0.0406. The van der Waals surface area contributed by atoms with Crippen LogP contribution in [0, 0.1) is 5.92 Å². The molecule has 0 aromatic heterocycles. The summed E-state index contributed by atoms with van der Waals surface area (Å²) in [4.78, 5) is 10.9. The molecule has 0 heterocycles. The van der Waals surface area contributed by atoms with Crippen LogP contribution in [0.2, 0.25) is 0 Å². The van der Waals surface area contributed by atoms with E-state index in [0.29, 0.717) is 12.0 Å². The van der Waals surface area contributed by atoms with Gasteiger partial charge < -0.3 is 15.3 Å². The van der Waals surface area contributed by atoms with Crippen LogP contribution < -0.4 is 0 Å². The molecular weight excluding hydrogens is 196 g/mol. The van der Waals surface area contributed by atoms with Crippen molar-refractivity contribution >= 4 is 5.97 Å². The zero-order valence-electron chi connectivity index (χ0n) is 8.69. The topological polar surface area (TPSA) is 77.8 Å². The van der Waals surface area contributed by atoms with Gasteiger partial charge in [0, 0.05) is 11.6 Å². The molecule has 1 aromatic rings. The Bertz CT molecular complexity index is 382. The predicted octanol–water partition coefficient (Wildman–Crippen LogP) is 1.99. The summed E-state index contributed by atoms with van der Waals surface area (Å²) in [5.41, 5.74) is 0.330. The van der Waals surface area contributed by atoms with Crippen molar-refractivity contribution in [2.24, 2.45) is 5.92 Å². The maximum atomic E-state index is 10.9. The van der Waals surface area contributed by atoms with E-state index in [1.54, 1.807) is 0 Å². The van der Waals surface area contributed by atoms with E-state index in [9.17, 15) is 15.0 Å². The van der Waals surface area contributed by atoms with Crippen LogP contribution >= 0.6 is 0 Å². The fourth-order valence-corrected chi connectivity index (χ4v) is 1.46. The summed E-state index contributed by atoms with van der Waals surface area (Å²) in [5.74, 6) is -1.31. The molecule has 0 aliphatic heterocycles. The van der Waals surface area contributed by atoms with Crippen molar-refractivity contribution in [3.8, 4) is 11.5 Å². The summed E-state index contributed by atoms with van der Waals surface area (Å²) in [6.45, 7) is 3.86. The van der Waals surface area contributed by atoms with Gasteiger partial charge in [0.2, 0.25) is 0 Å². The zero-order valence-corrected chi connectivity index (χ0v) is 8.69. The molecule has 0 saturated carbocycles. The predicted molar refractivity (Wildman–Crippen MR) is 55.3 cm³/mol. The van der Waals surface area contributed by atoms with Gasteiger partial charge in [-0.3, -0.25) is 0 Å². The van der Waals surface area contributed by atoms with Gasteiger partial charge >= 0.3 is 5.97 Å². The third kappa shape index (κ3) is 2.62. The van der Waals surface area contributed by atoms with Gasteiger partial charge in [-0.2, -0.15) is 0 Å². The van der Waals surface area contributed by atoms with Crippen LogP contribution in [0.5, 0.6) is 11.5 Å². The maximum absolute atomic E-state index is 10.9. The Kier molecular flexibility index (Phi) is 3.19. The van der Waals surface area contributed by atoms with E-state index in [1.165, 1.54) is 0 Å². The number of aromatic hydroxyl groups is 2. The monoisotopic (exact) mass is 210 g/mol. The Morgan fingerprint density at radius 2 is 1.93 bits per heavy atom. The van der Waals surface area contributed by atoms with Gasteiger partial charge in [0.1, 0.15) is 11.5 Å². The van der Waals surface area contributed by atoms with Crippen molar-refractivity contribution < 1.29 is 20.1 Å². The Morgan fingerprint density at radius 1 is 1.33 bits per heavy atom. The Morgan fingerprint density at radius 3 is 2.40 bits per heavy atom. The van der Waals surface area contributed by atoms with E-state index in [-0.39, 0.29) is 23.0 Å². The van der Waals surface area contributed by atoms with Crippen LogP contribution in [0.1, 0.15) is 29.8 Å². The van der Waals surface area contributed by atoms with Gasteiger partial charge in [0.25, 0.3) is 0 Å².